The Morgan fingerprint density at radius 1 is 1.41 bits per heavy atom. The molecule has 2 aromatic rings. The lowest BCUT2D eigenvalue weighted by atomic mass is 10.1. The lowest BCUT2D eigenvalue weighted by Crippen LogP contribution is -2.18. The molecule has 0 unspecified atom stereocenters. The van der Waals surface area contributed by atoms with E-state index in [0.29, 0.717) is 0 Å². The van der Waals surface area contributed by atoms with Gasteiger partial charge in [0.05, 0.1) is 7.11 Å². The Labute approximate surface area is 109 Å². The van der Waals surface area contributed by atoms with E-state index in [1.54, 1.807) is 18.4 Å². The average molecular weight is 264 g/mol. The maximum absolute atomic E-state index is 5.43. The Bertz CT molecular complexity index is 523. The van der Waals surface area contributed by atoms with Gasteiger partial charge >= 0.3 is 0 Å². The minimum absolute atomic E-state index is 0.246. The molecule has 0 radical (unpaired) electrons. The van der Waals surface area contributed by atoms with Gasteiger partial charge in [-0.05, 0) is 35.8 Å². The summed E-state index contributed by atoms with van der Waals surface area (Å²) < 4.78 is 5.37. The molecule has 0 aliphatic carbocycles. The van der Waals surface area contributed by atoms with Crippen molar-refractivity contribution < 1.29 is 4.74 Å². The fraction of sp³-hybridized carbons (Fsp3) is 0.0833. The van der Waals surface area contributed by atoms with Crippen molar-refractivity contribution in [1.29, 1.82) is 0 Å². The molecule has 0 saturated carbocycles. The molecule has 0 bridgehead atoms. The van der Waals surface area contributed by atoms with Gasteiger partial charge in [0.1, 0.15) is 5.75 Å². The number of thiophene rings is 1. The number of rotatable bonds is 3. The summed E-state index contributed by atoms with van der Waals surface area (Å²) in [7, 11) is 1.65. The third-order valence-corrected chi connectivity index (χ3v) is 3.26. The van der Waals surface area contributed by atoms with Gasteiger partial charge in [0.15, 0.2) is 5.11 Å². The minimum atomic E-state index is 0.246. The van der Waals surface area contributed by atoms with Crippen molar-refractivity contribution >= 4 is 34.4 Å². The lowest BCUT2D eigenvalue weighted by molar-refractivity contribution is 0.417. The predicted molar refractivity (Wildman–Crippen MR) is 76.7 cm³/mol. The number of methoxy groups -OCH3 is 1. The first-order valence-corrected chi connectivity index (χ1v) is 6.28. The first-order chi connectivity index (χ1) is 8.20. The zero-order valence-corrected chi connectivity index (χ0v) is 10.9. The van der Waals surface area contributed by atoms with Crippen LogP contribution in [0.2, 0.25) is 0 Å². The molecule has 1 aromatic carbocycles. The monoisotopic (exact) mass is 264 g/mol. The largest absolute Gasteiger partial charge is 0.496 e. The van der Waals surface area contributed by atoms with Gasteiger partial charge in [-0.25, -0.2) is 0 Å². The maximum atomic E-state index is 5.43. The van der Waals surface area contributed by atoms with Crippen molar-refractivity contribution in [3.05, 3.63) is 35.7 Å². The molecule has 0 fully saturated rings. The molecule has 3 nitrogen and oxygen atoms in total. The number of ether oxygens (including phenoxy) is 1. The molecular weight excluding hydrogens is 252 g/mol. The summed E-state index contributed by atoms with van der Waals surface area (Å²) in [5.41, 5.74) is 7.32. The zero-order valence-electron chi connectivity index (χ0n) is 9.27. The Morgan fingerprint density at radius 3 is 2.82 bits per heavy atom. The smallest absolute Gasteiger partial charge is 0.168 e. The molecule has 3 N–H and O–H groups in total. The van der Waals surface area contributed by atoms with E-state index in [1.165, 1.54) is 4.88 Å². The normalized spacial score (nSPS) is 9.94. The third kappa shape index (κ3) is 2.75. The van der Waals surface area contributed by atoms with Crippen LogP contribution < -0.4 is 15.8 Å². The van der Waals surface area contributed by atoms with E-state index >= 15 is 0 Å². The van der Waals surface area contributed by atoms with Crippen molar-refractivity contribution in [2.75, 3.05) is 12.4 Å². The van der Waals surface area contributed by atoms with Crippen LogP contribution in [0, 0.1) is 0 Å². The Morgan fingerprint density at radius 2 is 2.24 bits per heavy atom. The highest BCUT2D eigenvalue weighted by molar-refractivity contribution is 7.80. The van der Waals surface area contributed by atoms with Gasteiger partial charge < -0.3 is 15.8 Å². The van der Waals surface area contributed by atoms with Crippen LogP contribution in [0.5, 0.6) is 5.75 Å². The van der Waals surface area contributed by atoms with Crippen molar-refractivity contribution in [1.82, 2.24) is 0 Å². The van der Waals surface area contributed by atoms with Gasteiger partial charge in [0, 0.05) is 22.2 Å². The van der Waals surface area contributed by atoms with Crippen LogP contribution in [0.25, 0.3) is 10.4 Å². The van der Waals surface area contributed by atoms with E-state index in [4.69, 9.17) is 22.7 Å². The second-order valence-corrected chi connectivity index (χ2v) is 4.77. The highest BCUT2D eigenvalue weighted by Crippen LogP contribution is 2.34. The topological polar surface area (TPSA) is 47.3 Å². The second-order valence-electron chi connectivity index (χ2n) is 3.38. The summed E-state index contributed by atoms with van der Waals surface area (Å²) in [6, 6.07) is 9.88. The molecule has 17 heavy (non-hydrogen) atoms. The van der Waals surface area contributed by atoms with Gasteiger partial charge in [-0.1, -0.05) is 6.07 Å². The first kappa shape index (κ1) is 11.9. The van der Waals surface area contributed by atoms with Crippen LogP contribution in [-0.2, 0) is 0 Å². The second kappa shape index (κ2) is 5.16. The molecule has 1 aromatic heterocycles. The summed E-state index contributed by atoms with van der Waals surface area (Å²) in [5.74, 6) is 0.800. The van der Waals surface area contributed by atoms with E-state index in [2.05, 4.69) is 11.4 Å². The molecule has 0 spiro atoms. The van der Waals surface area contributed by atoms with Crippen LogP contribution in [0.3, 0.4) is 0 Å². The molecule has 0 aliphatic heterocycles. The van der Waals surface area contributed by atoms with Crippen molar-refractivity contribution in [2.24, 2.45) is 5.73 Å². The maximum Gasteiger partial charge on any atom is 0.168 e. The van der Waals surface area contributed by atoms with Crippen molar-refractivity contribution in [3.8, 4) is 16.2 Å². The van der Waals surface area contributed by atoms with Gasteiger partial charge in [0.2, 0.25) is 0 Å². The third-order valence-electron chi connectivity index (χ3n) is 2.26. The molecule has 0 saturated heterocycles. The van der Waals surface area contributed by atoms with Gasteiger partial charge in [0.25, 0.3) is 0 Å². The van der Waals surface area contributed by atoms with Crippen molar-refractivity contribution in [2.45, 2.75) is 0 Å². The zero-order chi connectivity index (χ0) is 12.3. The molecule has 5 heteroatoms. The van der Waals surface area contributed by atoms with E-state index in [9.17, 15) is 0 Å². The first-order valence-electron chi connectivity index (χ1n) is 4.99. The molecule has 88 valence electrons. The number of hydrogen-bond donors (Lipinski definition) is 2. The van der Waals surface area contributed by atoms with Crippen LogP contribution in [-0.4, -0.2) is 12.2 Å². The van der Waals surface area contributed by atoms with E-state index in [1.807, 2.05) is 29.6 Å². The summed E-state index contributed by atoms with van der Waals surface area (Å²) in [6.07, 6.45) is 0. The average Bonchev–Trinajstić information content (AvgIpc) is 2.81. The fourth-order valence-electron chi connectivity index (χ4n) is 1.55. The Kier molecular flexibility index (Phi) is 3.61. The summed E-state index contributed by atoms with van der Waals surface area (Å²) in [6.45, 7) is 0. The number of hydrogen-bond acceptors (Lipinski definition) is 3. The molecule has 0 amide bonds. The molecular formula is C12H12N2OS2. The lowest BCUT2D eigenvalue weighted by Gasteiger charge is -2.10. The van der Waals surface area contributed by atoms with Crippen LogP contribution in [0.4, 0.5) is 5.69 Å². The summed E-state index contributed by atoms with van der Waals surface area (Å²) in [5, 5.41) is 5.17. The Hall–Kier alpha value is -1.59. The van der Waals surface area contributed by atoms with Crippen LogP contribution in [0.1, 0.15) is 0 Å². The Balaban J connectivity index is 2.38. The van der Waals surface area contributed by atoms with E-state index in [0.717, 1.165) is 17.0 Å². The molecule has 0 atom stereocenters. The van der Waals surface area contributed by atoms with E-state index < -0.39 is 0 Å². The van der Waals surface area contributed by atoms with Crippen LogP contribution in [0.15, 0.2) is 35.7 Å². The number of nitrogens with two attached hydrogens (primary N) is 1. The fourth-order valence-corrected chi connectivity index (χ4v) is 2.42. The van der Waals surface area contributed by atoms with Gasteiger partial charge in [-0.2, -0.15) is 0 Å². The van der Waals surface area contributed by atoms with E-state index in [-0.39, 0.29) is 5.11 Å². The summed E-state index contributed by atoms with van der Waals surface area (Å²) >= 11 is 6.47. The predicted octanol–water partition coefficient (Wildman–Crippen LogP) is 3.08. The van der Waals surface area contributed by atoms with Gasteiger partial charge in [-0.15, -0.1) is 11.3 Å². The number of nitrogens with one attached hydrogen (secondary N) is 1. The SMILES string of the molecule is COc1cc(NC(N)=S)ccc1-c1cccs1. The van der Waals surface area contributed by atoms with Crippen LogP contribution >= 0.6 is 23.6 Å². The summed E-state index contributed by atoms with van der Waals surface area (Å²) in [4.78, 5) is 1.17. The number of thiocarbonyl (C=S) groups is 1. The standard InChI is InChI=1S/C12H12N2OS2/c1-15-10-7-8(14-12(13)16)4-5-9(10)11-3-2-6-17-11/h2-7H,1H3,(H3,13,14,16). The highest BCUT2D eigenvalue weighted by Gasteiger charge is 2.07. The number of benzene rings is 1. The molecule has 2 rings (SSSR count). The molecule has 1 heterocycles. The number of anilines is 1. The molecule has 0 aliphatic rings. The highest BCUT2D eigenvalue weighted by atomic mass is 32.1. The van der Waals surface area contributed by atoms with Crippen molar-refractivity contribution in [3.63, 3.8) is 0 Å². The van der Waals surface area contributed by atoms with Gasteiger partial charge in [-0.3, -0.25) is 0 Å². The minimum Gasteiger partial charge on any atom is -0.496 e. The quantitative estimate of drug-likeness (QED) is 0.836.